The molecule has 0 aliphatic rings. The summed E-state index contributed by atoms with van der Waals surface area (Å²) in [6.45, 7) is -0.166. The van der Waals surface area contributed by atoms with E-state index in [1.807, 2.05) is 24.3 Å². The maximum absolute atomic E-state index is 12.5. The van der Waals surface area contributed by atoms with Gasteiger partial charge < -0.3 is 4.74 Å². The van der Waals surface area contributed by atoms with Gasteiger partial charge in [0.2, 0.25) is 11.0 Å². The molecule has 4 rings (SSSR count). The molecular formula is C19H15N5O3S. The molecule has 2 heterocycles. The third-order valence-electron chi connectivity index (χ3n) is 4.05. The van der Waals surface area contributed by atoms with Crippen molar-refractivity contribution in [3.05, 3.63) is 65.2 Å². The van der Waals surface area contributed by atoms with Gasteiger partial charge in [-0.25, -0.2) is 4.98 Å². The number of nitrogens with one attached hydrogen (secondary N) is 1. The number of fused-ring (bicyclic) bond motifs is 1. The largest absolute Gasteiger partial charge is 0.496 e. The lowest BCUT2D eigenvalue weighted by atomic mass is 10.2. The number of methoxy groups -OCH3 is 1. The standard InChI is InChI=1S/C19H15N5O3S/c1-27-15-9-5-3-7-13(15)17-22-23-19(28-17)21-16(25)10-24-11-20-14-8-4-2-6-12(14)18(24)26/h2-9,11H,10H2,1H3,(H,21,23,25). The van der Waals surface area contributed by atoms with Crippen LogP contribution in [-0.4, -0.2) is 32.8 Å². The summed E-state index contributed by atoms with van der Waals surface area (Å²) in [5, 5.41) is 12.2. The Labute approximate surface area is 163 Å². The maximum atomic E-state index is 12.5. The van der Waals surface area contributed by atoms with Crippen molar-refractivity contribution in [1.82, 2.24) is 19.7 Å². The molecule has 0 saturated heterocycles. The van der Waals surface area contributed by atoms with Crippen molar-refractivity contribution in [2.24, 2.45) is 0 Å². The molecule has 4 aromatic rings. The second kappa shape index (κ2) is 7.57. The van der Waals surface area contributed by atoms with Gasteiger partial charge in [-0.1, -0.05) is 35.6 Å². The van der Waals surface area contributed by atoms with Crippen LogP contribution in [0.15, 0.2) is 59.7 Å². The van der Waals surface area contributed by atoms with Crippen LogP contribution in [0.25, 0.3) is 21.5 Å². The Bertz CT molecular complexity index is 1220. The number of carbonyl (C=O) groups is 1. The minimum atomic E-state index is -0.387. The Morgan fingerprint density at radius 2 is 1.93 bits per heavy atom. The molecule has 0 aliphatic carbocycles. The molecule has 2 aromatic heterocycles. The molecule has 0 aliphatic heterocycles. The van der Waals surface area contributed by atoms with Crippen molar-refractivity contribution in [3.63, 3.8) is 0 Å². The summed E-state index contributed by atoms with van der Waals surface area (Å²) in [6.07, 6.45) is 1.37. The van der Waals surface area contributed by atoms with E-state index < -0.39 is 0 Å². The number of hydrogen-bond donors (Lipinski definition) is 1. The lowest BCUT2D eigenvalue weighted by Crippen LogP contribution is -2.27. The highest BCUT2D eigenvalue weighted by molar-refractivity contribution is 7.18. The first-order valence-corrected chi connectivity index (χ1v) is 9.18. The van der Waals surface area contributed by atoms with Gasteiger partial charge in [-0.2, -0.15) is 0 Å². The average molecular weight is 393 g/mol. The van der Waals surface area contributed by atoms with Gasteiger partial charge >= 0.3 is 0 Å². The third-order valence-corrected chi connectivity index (χ3v) is 4.93. The minimum absolute atomic E-state index is 0.166. The van der Waals surface area contributed by atoms with Gasteiger partial charge in [0.1, 0.15) is 12.3 Å². The van der Waals surface area contributed by atoms with E-state index in [0.717, 1.165) is 5.56 Å². The van der Waals surface area contributed by atoms with E-state index in [1.165, 1.54) is 22.2 Å². The van der Waals surface area contributed by atoms with E-state index in [9.17, 15) is 9.59 Å². The summed E-state index contributed by atoms with van der Waals surface area (Å²) in [7, 11) is 1.58. The Hall–Kier alpha value is -3.59. The van der Waals surface area contributed by atoms with Gasteiger partial charge in [0.15, 0.2) is 5.01 Å². The number of ether oxygens (including phenoxy) is 1. The number of rotatable bonds is 5. The molecule has 2 aromatic carbocycles. The lowest BCUT2D eigenvalue weighted by molar-refractivity contribution is -0.116. The van der Waals surface area contributed by atoms with Crippen LogP contribution < -0.4 is 15.6 Å². The SMILES string of the molecule is COc1ccccc1-c1nnc(NC(=O)Cn2cnc3ccccc3c2=O)s1. The number of carbonyl (C=O) groups excluding carboxylic acids is 1. The molecule has 0 bridgehead atoms. The summed E-state index contributed by atoms with van der Waals surface area (Å²) >= 11 is 1.22. The number of para-hydroxylation sites is 2. The van der Waals surface area contributed by atoms with Crippen molar-refractivity contribution in [1.29, 1.82) is 0 Å². The predicted octanol–water partition coefficient (Wildman–Crippen LogP) is 2.56. The highest BCUT2D eigenvalue weighted by Crippen LogP contribution is 2.33. The van der Waals surface area contributed by atoms with Gasteiger partial charge in [-0.3, -0.25) is 19.5 Å². The summed E-state index contributed by atoms with van der Waals surface area (Å²) in [5.41, 5.74) is 1.11. The minimum Gasteiger partial charge on any atom is -0.496 e. The first-order valence-electron chi connectivity index (χ1n) is 8.36. The van der Waals surface area contributed by atoms with Gasteiger partial charge in [0, 0.05) is 0 Å². The van der Waals surface area contributed by atoms with Crippen LogP contribution in [0, 0.1) is 0 Å². The Morgan fingerprint density at radius 3 is 2.79 bits per heavy atom. The highest BCUT2D eigenvalue weighted by Gasteiger charge is 2.14. The van der Waals surface area contributed by atoms with E-state index in [-0.39, 0.29) is 18.0 Å². The smallest absolute Gasteiger partial charge is 0.261 e. The summed E-state index contributed by atoms with van der Waals surface area (Å²) < 4.78 is 6.59. The average Bonchev–Trinajstić information content (AvgIpc) is 3.18. The van der Waals surface area contributed by atoms with Crippen molar-refractivity contribution in [2.45, 2.75) is 6.54 Å². The zero-order valence-corrected chi connectivity index (χ0v) is 15.6. The molecule has 9 heteroatoms. The first-order chi connectivity index (χ1) is 13.7. The van der Waals surface area contributed by atoms with Crippen LogP contribution in [0.4, 0.5) is 5.13 Å². The number of anilines is 1. The van der Waals surface area contributed by atoms with Crippen LogP contribution in [0.3, 0.4) is 0 Å². The first kappa shape index (κ1) is 17.8. The van der Waals surface area contributed by atoms with E-state index in [4.69, 9.17) is 4.74 Å². The van der Waals surface area contributed by atoms with Gasteiger partial charge in [0.05, 0.1) is 29.9 Å². The highest BCUT2D eigenvalue weighted by atomic mass is 32.1. The van der Waals surface area contributed by atoms with E-state index >= 15 is 0 Å². The normalized spacial score (nSPS) is 10.8. The van der Waals surface area contributed by atoms with Gasteiger partial charge in [-0.15, -0.1) is 10.2 Å². The van der Waals surface area contributed by atoms with Gasteiger partial charge in [-0.05, 0) is 24.3 Å². The summed E-state index contributed by atoms with van der Waals surface area (Å²) in [6, 6.07) is 14.4. The Balaban J connectivity index is 1.51. The van der Waals surface area contributed by atoms with Crippen molar-refractivity contribution >= 4 is 33.3 Å². The summed E-state index contributed by atoms with van der Waals surface area (Å²) in [4.78, 5) is 29.0. The van der Waals surface area contributed by atoms with E-state index in [2.05, 4.69) is 20.5 Å². The molecular weight excluding hydrogens is 378 g/mol. The van der Waals surface area contributed by atoms with Crippen LogP contribution in [-0.2, 0) is 11.3 Å². The monoisotopic (exact) mass is 393 g/mol. The lowest BCUT2D eigenvalue weighted by Gasteiger charge is -2.06. The Morgan fingerprint density at radius 1 is 1.14 bits per heavy atom. The number of hydrogen-bond acceptors (Lipinski definition) is 7. The van der Waals surface area contributed by atoms with Crippen molar-refractivity contribution in [3.8, 4) is 16.3 Å². The molecule has 0 saturated carbocycles. The fourth-order valence-electron chi connectivity index (χ4n) is 2.74. The quantitative estimate of drug-likeness (QED) is 0.559. The second-order valence-electron chi connectivity index (χ2n) is 5.86. The molecule has 1 N–H and O–H groups in total. The van der Waals surface area contributed by atoms with Crippen LogP contribution in [0.1, 0.15) is 0 Å². The molecule has 0 atom stereocenters. The third kappa shape index (κ3) is 3.47. The van der Waals surface area contributed by atoms with Crippen molar-refractivity contribution in [2.75, 3.05) is 12.4 Å². The van der Waals surface area contributed by atoms with Crippen LogP contribution in [0.2, 0.25) is 0 Å². The Kier molecular flexibility index (Phi) is 4.81. The number of aromatic nitrogens is 4. The topological polar surface area (TPSA) is 99.0 Å². The van der Waals surface area contributed by atoms with E-state index in [1.54, 1.807) is 31.4 Å². The van der Waals surface area contributed by atoms with Gasteiger partial charge in [0.25, 0.3) is 5.56 Å². The second-order valence-corrected chi connectivity index (χ2v) is 6.83. The molecule has 1 amide bonds. The zero-order valence-electron chi connectivity index (χ0n) is 14.8. The maximum Gasteiger partial charge on any atom is 0.261 e. The molecule has 0 unspecified atom stereocenters. The fraction of sp³-hybridized carbons (Fsp3) is 0.105. The molecule has 140 valence electrons. The van der Waals surface area contributed by atoms with Crippen LogP contribution in [0.5, 0.6) is 5.75 Å². The molecule has 0 spiro atoms. The molecule has 28 heavy (non-hydrogen) atoms. The number of benzene rings is 2. The molecule has 0 radical (unpaired) electrons. The number of nitrogens with zero attached hydrogens (tertiary/aromatic N) is 4. The fourth-order valence-corrected chi connectivity index (χ4v) is 3.53. The van der Waals surface area contributed by atoms with E-state index in [0.29, 0.717) is 26.8 Å². The molecule has 0 fully saturated rings. The predicted molar refractivity (Wildman–Crippen MR) is 107 cm³/mol. The zero-order chi connectivity index (χ0) is 19.5. The molecule has 8 nitrogen and oxygen atoms in total. The van der Waals surface area contributed by atoms with Crippen LogP contribution >= 0.6 is 11.3 Å². The van der Waals surface area contributed by atoms with Crippen molar-refractivity contribution < 1.29 is 9.53 Å². The summed E-state index contributed by atoms with van der Waals surface area (Å²) in [5.74, 6) is 0.284. The number of amides is 1.